The minimum Gasteiger partial charge on any atom is -0.314 e. The first-order valence-electron chi connectivity index (χ1n) is 12.8. The topological polar surface area (TPSA) is 4.93 Å². The van der Waals surface area contributed by atoms with E-state index < -0.39 is 0 Å². The summed E-state index contributed by atoms with van der Waals surface area (Å²) in [5.41, 5.74) is 10.1. The molecule has 0 fully saturated rings. The van der Waals surface area contributed by atoms with Gasteiger partial charge in [0.2, 0.25) is 0 Å². The molecule has 0 aliphatic heterocycles. The summed E-state index contributed by atoms with van der Waals surface area (Å²) in [6, 6.07) is 10.9. The highest BCUT2D eigenvalue weighted by molar-refractivity contribution is 5.64. The molecule has 5 rings (SSSR count). The first-order valence-corrected chi connectivity index (χ1v) is 12.8. The van der Waals surface area contributed by atoms with Gasteiger partial charge in [-0.1, -0.05) is 93.3 Å². The molecule has 1 heteroatoms. The third kappa shape index (κ3) is 4.13. The van der Waals surface area contributed by atoms with Gasteiger partial charge in [0.15, 0.2) is 0 Å². The fraction of sp³-hybridized carbons (Fsp3) is 0.333. The molecular formula is C33H37N. The van der Waals surface area contributed by atoms with Crippen molar-refractivity contribution in [2.45, 2.75) is 52.4 Å². The van der Waals surface area contributed by atoms with Crippen LogP contribution in [0, 0.1) is 17.3 Å². The molecular weight excluding hydrogens is 410 g/mol. The van der Waals surface area contributed by atoms with Crippen LogP contribution in [-0.2, 0) is 19.3 Å². The second-order valence-corrected chi connectivity index (χ2v) is 10.8. The van der Waals surface area contributed by atoms with Gasteiger partial charge in [0.25, 0.3) is 0 Å². The van der Waals surface area contributed by atoms with E-state index >= 15 is 0 Å². The molecule has 1 heterocycles. The van der Waals surface area contributed by atoms with Gasteiger partial charge in [-0.2, -0.15) is 0 Å². The zero-order chi connectivity index (χ0) is 23.7. The molecule has 0 bridgehead atoms. The van der Waals surface area contributed by atoms with E-state index in [0.717, 1.165) is 32.1 Å². The summed E-state index contributed by atoms with van der Waals surface area (Å²) in [5, 5.41) is 0. The predicted molar refractivity (Wildman–Crippen MR) is 146 cm³/mol. The van der Waals surface area contributed by atoms with Gasteiger partial charge in [-0.05, 0) is 84.8 Å². The van der Waals surface area contributed by atoms with Crippen LogP contribution in [0.3, 0.4) is 0 Å². The van der Waals surface area contributed by atoms with E-state index in [1.165, 1.54) is 34.6 Å². The maximum atomic E-state index is 4.53. The van der Waals surface area contributed by atoms with Crippen LogP contribution in [0.15, 0.2) is 97.2 Å². The zero-order valence-electron chi connectivity index (χ0n) is 20.8. The molecule has 0 N–H and O–H groups in total. The number of aromatic nitrogens is 1. The molecule has 1 aromatic heterocycles. The molecule has 1 nitrogen and oxygen atoms in total. The van der Waals surface area contributed by atoms with Crippen LogP contribution in [0.2, 0.25) is 0 Å². The smallest absolute Gasteiger partial charge is 0.0494 e. The summed E-state index contributed by atoms with van der Waals surface area (Å²) in [6.07, 6.45) is 24.6. The largest absolute Gasteiger partial charge is 0.314 e. The van der Waals surface area contributed by atoms with Gasteiger partial charge in [-0.25, -0.2) is 0 Å². The lowest BCUT2D eigenvalue weighted by atomic mass is 9.69. The van der Waals surface area contributed by atoms with Gasteiger partial charge in [0, 0.05) is 23.0 Å². The molecule has 0 radical (unpaired) electrons. The highest BCUT2D eigenvalue weighted by Gasteiger charge is 2.36. The summed E-state index contributed by atoms with van der Waals surface area (Å²) < 4.78 is 2.56. The molecule has 0 spiro atoms. The van der Waals surface area contributed by atoms with E-state index in [0.29, 0.717) is 11.8 Å². The quantitative estimate of drug-likeness (QED) is 0.415. The number of allylic oxidation sites excluding steroid dienone is 9. The average Bonchev–Trinajstić information content (AvgIpc) is 3.16. The predicted octanol–water partition coefficient (Wildman–Crippen LogP) is 8.37. The Morgan fingerprint density at radius 1 is 1.12 bits per heavy atom. The van der Waals surface area contributed by atoms with Gasteiger partial charge in [-0.3, -0.25) is 0 Å². The highest BCUT2D eigenvalue weighted by atomic mass is 15.0. The second-order valence-electron chi connectivity index (χ2n) is 10.8. The lowest BCUT2D eigenvalue weighted by Crippen LogP contribution is -2.26. The molecule has 0 saturated heterocycles. The molecule has 34 heavy (non-hydrogen) atoms. The van der Waals surface area contributed by atoms with Crippen molar-refractivity contribution >= 4 is 6.08 Å². The molecule has 174 valence electrons. The van der Waals surface area contributed by atoms with Gasteiger partial charge in [0.05, 0.1) is 0 Å². The summed E-state index contributed by atoms with van der Waals surface area (Å²) in [4.78, 5) is 0. The van der Waals surface area contributed by atoms with Crippen molar-refractivity contribution in [3.05, 3.63) is 120 Å². The molecule has 2 atom stereocenters. The summed E-state index contributed by atoms with van der Waals surface area (Å²) in [7, 11) is 0. The van der Waals surface area contributed by atoms with Crippen LogP contribution in [-0.4, -0.2) is 4.57 Å². The Bertz CT molecular complexity index is 1210. The molecule has 2 aromatic rings. The minimum absolute atomic E-state index is 0.0749. The van der Waals surface area contributed by atoms with E-state index in [1.807, 2.05) is 6.08 Å². The summed E-state index contributed by atoms with van der Waals surface area (Å²) >= 11 is 0. The highest BCUT2D eigenvalue weighted by Crippen LogP contribution is 2.46. The number of nitrogens with zero attached hydrogens (tertiary/aromatic N) is 1. The lowest BCUT2D eigenvalue weighted by molar-refractivity contribution is 0.394. The first kappa shape index (κ1) is 22.7. The molecule has 0 amide bonds. The van der Waals surface area contributed by atoms with E-state index in [-0.39, 0.29) is 5.41 Å². The standard InChI is InChI=1S/C33H37N/c1-5-6-8-13-25-19-21-31-28(22-25)29-23-33(3,4)30-17-12-11-16-27(30)24(2)18-20-32(29)34(31)26-14-9-7-10-15-26/h5-12,14-15,17-18,20,25,27H,1-2,13,16,19,21-23H2,3-4H3/b8-6-,20-18-. The van der Waals surface area contributed by atoms with Crippen molar-refractivity contribution in [1.29, 1.82) is 0 Å². The van der Waals surface area contributed by atoms with Gasteiger partial charge in [0.1, 0.15) is 0 Å². The molecule has 2 unspecified atom stereocenters. The number of benzene rings is 1. The lowest BCUT2D eigenvalue weighted by Gasteiger charge is -2.35. The number of rotatable bonds is 4. The van der Waals surface area contributed by atoms with Crippen LogP contribution in [0.1, 0.15) is 55.6 Å². The maximum absolute atomic E-state index is 4.53. The SMILES string of the molecule is C=C/C=C\CC1CCc2c(c3c(n2-c2ccccc2)/C=C\C(=C)C2CC=CC=C2C(C)(C)C3)C1. The average molecular weight is 448 g/mol. The van der Waals surface area contributed by atoms with Crippen molar-refractivity contribution in [3.8, 4) is 5.69 Å². The van der Waals surface area contributed by atoms with Gasteiger partial charge >= 0.3 is 0 Å². The van der Waals surface area contributed by atoms with Crippen LogP contribution < -0.4 is 0 Å². The fourth-order valence-corrected chi connectivity index (χ4v) is 6.32. The van der Waals surface area contributed by atoms with Crippen molar-refractivity contribution in [1.82, 2.24) is 4.57 Å². The Morgan fingerprint density at radius 2 is 1.94 bits per heavy atom. The Hall–Kier alpha value is -3.06. The van der Waals surface area contributed by atoms with Crippen LogP contribution >= 0.6 is 0 Å². The third-order valence-corrected chi connectivity index (χ3v) is 8.03. The normalized spacial score (nSPS) is 24.3. The Labute approximate surface area is 205 Å². The monoisotopic (exact) mass is 447 g/mol. The van der Waals surface area contributed by atoms with Crippen molar-refractivity contribution in [3.63, 3.8) is 0 Å². The van der Waals surface area contributed by atoms with E-state index in [4.69, 9.17) is 0 Å². The van der Waals surface area contributed by atoms with Crippen molar-refractivity contribution in [2.24, 2.45) is 17.3 Å². The number of hydrogen-bond acceptors (Lipinski definition) is 0. The molecule has 1 aromatic carbocycles. The summed E-state index contributed by atoms with van der Waals surface area (Å²) in [5.74, 6) is 1.09. The van der Waals surface area contributed by atoms with Gasteiger partial charge < -0.3 is 4.57 Å². The molecule has 3 aliphatic rings. The van der Waals surface area contributed by atoms with Crippen LogP contribution in [0.25, 0.3) is 11.8 Å². The maximum Gasteiger partial charge on any atom is 0.0494 e. The van der Waals surface area contributed by atoms with Crippen LogP contribution in [0.4, 0.5) is 0 Å². The van der Waals surface area contributed by atoms with E-state index in [1.54, 1.807) is 11.1 Å². The first-order chi connectivity index (χ1) is 16.5. The molecule has 3 aliphatic carbocycles. The third-order valence-electron chi connectivity index (χ3n) is 8.03. The van der Waals surface area contributed by atoms with Crippen molar-refractivity contribution in [2.75, 3.05) is 0 Å². The molecule has 0 saturated carbocycles. The minimum atomic E-state index is 0.0749. The number of fused-ring (bicyclic) bond motifs is 4. The van der Waals surface area contributed by atoms with E-state index in [9.17, 15) is 0 Å². The number of hydrogen-bond donors (Lipinski definition) is 0. The van der Waals surface area contributed by atoms with E-state index in [2.05, 4.69) is 104 Å². The second kappa shape index (κ2) is 9.29. The van der Waals surface area contributed by atoms with Crippen molar-refractivity contribution < 1.29 is 0 Å². The zero-order valence-corrected chi connectivity index (χ0v) is 20.8. The van der Waals surface area contributed by atoms with Crippen LogP contribution in [0.5, 0.6) is 0 Å². The number of para-hydroxylation sites is 1. The van der Waals surface area contributed by atoms with Gasteiger partial charge in [-0.15, -0.1) is 0 Å². The summed E-state index contributed by atoms with van der Waals surface area (Å²) in [6.45, 7) is 13.2. The fourth-order valence-electron chi connectivity index (χ4n) is 6.32. The Kier molecular flexibility index (Phi) is 6.21. The Balaban J connectivity index is 1.68. The Morgan fingerprint density at radius 3 is 2.74 bits per heavy atom.